The molecule has 0 amide bonds. The molecule has 1 aromatic rings. The molecular formula is C16H24F3N3. The van der Waals surface area contributed by atoms with Crippen LogP contribution in [0.5, 0.6) is 0 Å². The predicted molar refractivity (Wildman–Crippen MR) is 80.5 cm³/mol. The fourth-order valence-corrected chi connectivity index (χ4v) is 2.98. The average Bonchev–Trinajstić information content (AvgIpc) is 2.83. The number of halogens is 3. The number of alkyl halides is 3. The van der Waals surface area contributed by atoms with Crippen molar-refractivity contribution in [3.63, 3.8) is 0 Å². The second-order valence-electron chi connectivity index (χ2n) is 6.44. The van der Waals surface area contributed by atoms with Gasteiger partial charge in [-0.3, -0.25) is 9.88 Å². The Morgan fingerprint density at radius 2 is 2.14 bits per heavy atom. The van der Waals surface area contributed by atoms with E-state index in [9.17, 15) is 13.2 Å². The van der Waals surface area contributed by atoms with Crippen LogP contribution >= 0.6 is 0 Å². The molecule has 1 N–H and O–H groups in total. The lowest BCUT2D eigenvalue weighted by atomic mass is 9.99. The highest BCUT2D eigenvalue weighted by molar-refractivity contribution is 5.09. The molecule has 6 heteroatoms. The van der Waals surface area contributed by atoms with Gasteiger partial charge in [0.1, 0.15) is 0 Å². The maximum Gasteiger partial charge on any atom is 0.401 e. The second-order valence-corrected chi connectivity index (χ2v) is 6.44. The van der Waals surface area contributed by atoms with Crippen LogP contribution < -0.4 is 5.32 Å². The summed E-state index contributed by atoms with van der Waals surface area (Å²) < 4.78 is 37.4. The third kappa shape index (κ3) is 5.57. The number of rotatable bonds is 6. The Labute approximate surface area is 129 Å². The lowest BCUT2D eigenvalue weighted by Gasteiger charge is -2.25. The summed E-state index contributed by atoms with van der Waals surface area (Å²) in [4.78, 5) is 5.87. The van der Waals surface area contributed by atoms with E-state index in [0.717, 1.165) is 18.5 Å². The molecule has 0 saturated carbocycles. The van der Waals surface area contributed by atoms with Crippen LogP contribution in [0.25, 0.3) is 0 Å². The molecule has 0 spiro atoms. The SMILES string of the molecule is CC(C)C[C@@H](N[C@@H]1CCN(CC(F)(F)F)C1)c1ccccn1. The number of pyridine rings is 1. The van der Waals surface area contributed by atoms with E-state index >= 15 is 0 Å². The third-order valence-corrected chi connectivity index (χ3v) is 3.86. The number of hydrogen-bond acceptors (Lipinski definition) is 3. The Hall–Kier alpha value is -1.14. The second kappa shape index (κ2) is 7.42. The lowest BCUT2D eigenvalue weighted by molar-refractivity contribution is -0.143. The number of hydrogen-bond donors (Lipinski definition) is 1. The van der Waals surface area contributed by atoms with Gasteiger partial charge in [-0.05, 0) is 30.9 Å². The molecule has 2 heterocycles. The van der Waals surface area contributed by atoms with Crippen molar-refractivity contribution < 1.29 is 13.2 Å². The fourth-order valence-electron chi connectivity index (χ4n) is 2.98. The van der Waals surface area contributed by atoms with Crippen LogP contribution in [0, 0.1) is 5.92 Å². The lowest BCUT2D eigenvalue weighted by Crippen LogP contribution is -2.38. The Balaban J connectivity index is 1.94. The van der Waals surface area contributed by atoms with Crippen molar-refractivity contribution in [2.75, 3.05) is 19.6 Å². The minimum atomic E-state index is -4.12. The zero-order chi connectivity index (χ0) is 16.2. The molecule has 1 aliphatic rings. The molecule has 1 aromatic heterocycles. The van der Waals surface area contributed by atoms with Crippen molar-refractivity contribution in [3.8, 4) is 0 Å². The van der Waals surface area contributed by atoms with Crippen molar-refractivity contribution in [2.24, 2.45) is 5.92 Å². The minimum absolute atomic E-state index is 0.0908. The number of likely N-dealkylation sites (tertiary alicyclic amines) is 1. The van der Waals surface area contributed by atoms with Crippen LogP contribution in [-0.2, 0) is 0 Å². The molecule has 3 nitrogen and oxygen atoms in total. The summed E-state index contributed by atoms with van der Waals surface area (Å²) in [6.45, 7) is 4.41. The van der Waals surface area contributed by atoms with Crippen LogP contribution in [0.1, 0.15) is 38.4 Å². The van der Waals surface area contributed by atoms with Crippen LogP contribution in [0.4, 0.5) is 13.2 Å². The normalized spacial score (nSPS) is 21.5. The standard InChI is InChI=1S/C16H24F3N3/c1-12(2)9-15(14-5-3-4-7-20-14)21-13-6-8-22(10-13)11-16(17,18)19/h3-5,7,12-13,15,21H,6,8-11H2,1-2H3/t13-,15-/m1/s1. The maximum atomic E-state index is 12.5. The van der Waals surface area contributed by atoms with Gasteiger partial charge in [-0.1, -0.05) is 19.9 Å². The largest absolute Gasteiger partial charge is 0.401 e. The Kier molecular flexibility index (Phi) is 5.81. The van der Waals surface area contributed by atoms with Gasteiger partial charge >= 0.3 is 6.18 Å². The van der Waals surface area contributed by atoms with E-state index in [1.165, 1.54) is 4.90 Å². The van der Waals surface area contributed by atoms with Crippen LogP contribution in [0.15, 0.2) is 24.4 Å². The smallest absolute Gasteiger partial charge is 0.304 e. The Bertz CT molecular complexity index is 448. The molecule has 0 aliphatic carbocycles. The molecule has 22 heavy (non-hydrogen) atoms. The van der Waals surface area contributed by atoms with Crippen LogP contribution in [0.2, 0.25) is 0 Å². The quantitative estimate of drug-likeness (QED) is 0.872. The fraction of sp³-hybridized carbons (Fsp3) is 0.688. The highest BCUT2D eigenvalue weighted by atomic mass is 19.4. The molecular weight excluding hydrogens is 291 g/mol. The summed E-state index contributed by atoms with van der Waals surface area (Å²) in [5.74, 6) is 0.493. The van der Waals surface area contributed by atoms with E-state index in [4.69, 9.17) is 0 Å². The van der Waals surface area contributed by atoms with Gasteiger partial charge in [0.25, 0.3) is 0 Å². The van der Waals surface area contributed by atoms with E-state index < -0.39 is 12.7 Å². The molecule has 0 bridgehead atoms. The molecule has 1 aliphatic heterocycles. The third-order valence-electron chi connectivity index (χ3n) is 3.86. The summed E-state index contributed by atoms with van der Waals surface area (Å²) >= 11 is 0. The van der Waals surface area contributed by atoms with Crippen molar-refractivity contribution in [1.82, 2.24) is 15.2 Å². The van der Waals surface area contributed by atoms with Gasteiger partial charge in [-0.25, -0.2) is 0 Å². The molecule has 124 valence electrons. The Morgan fingerprint density at radius 1 is 1.36 bits per heavy atom. The van der Waals surface area contributed by atoms with Gasteiger partial charge in [0.2, 0.25) is 0 Å². The Morgan fingerprint density at radius 3 is 2.73 bits per heavy atom. The highest BCUT2D eigenvalue weighted by Crippen LogP contribution is 2.24. The number of nitrogens with zero attached hydrogens (tertiary/aromatic N) is 2. The van der Waals surface area contributed by atoms with Gasteiger partial charge in [0.05, 0.1) is 12.2 Å². The van der Waals surface area contributed by atoms with Crippen molar-refractivity contribution in [2.45, 2.75) is 44.9 Å². The summed E-state index contributed by atoms with van der Waals surface area (Å²) in [6, 6.07) is 5.98. The zero-order valence-electron chi connectivity index (χ0n) is 13.1. The first-order valence-electron chi connectivity index (χ1n) is 7.79. The van der Waals surface area contributed by atoms with Crippen LogP contribution in [-0.4, -0.2) is 41.7 Å². The predicted octanol–water partition coefficient (Wildman–Crippen LogP) is 3.40. The summed E-state index contributed by atoms with van der Waals surface area (Å²) in [5.41, 5.74) is 0.963. The number of nitrogens with one attached hydrogen (secondary N) is 1. The molecule has 2 rings (SSSR count). The molecule has 0 unspecified atom stereocenters. The van der Waals surface area contributed by atoms with E-state index in [1.807, 2.05) is 18.2 Å². The first-order valence-corrected chi connectivity index (χ1v) is 7.79. The average molecular weight is 315 g/mol. The molecule has 2 atom stereocenters. The summed E-state index contributed by atoms with van der Waals surface area (Å²) in [7, 11) is 0. The molecule has 0 radical (unpaired) electrons. The van der Waals surface area contributed by atoms with Crippen molar-refractivity contribution in [3.05, 3.63) is 30.1 Å². The topological polar surface area (TPSA) is 28.2 Å². The zero-order valence-corrected chi connectivity index (χ0v) is 13.1. The number of aromatic nitrogens is 1. The van der Waals surface area contributed by atoms with Gasteiger partial charge in [-0.15, -0.1) is 0 Å². The minimum Gasteiger partial charge on any atom is -0.304 e. The van der Waals surface area contributed by atoms with E-state index in [1.54, 1.807) is 6.20 Å². The molecule has 1 fully saturated rings. The van der Waals surface area contributed by atoms with Gasteiger partial charge < -0.3 is 5.32 Å². The first kappa shape index (κ1) is 17.2. The summed E-state index contributed by atoms with van der Waals surface area (Å²) in [5, 5.41) is 3.51. The molecule has 0 aromatic carbocycles. The molecule has 1 saturated heterocycles. The highest BCUT2D eigenvalue weighted by Gasteiger charge is 2.35. The van der Waals surface area contributed by atoms with Crippen LogP contribution in [0.3, 0.4) is 0 Å². The maximum absolute atomic E-state index is 12.5. The summed E-state index contributed by atoms with van der Waals surface area (Å²) in [6.07, 6.45) is -0.688. The van der Waals surface area contributed by atoms with Gasteiger partial charge in [0, 0.05) is 31.4 Å². The van der Waals surface area contributed by atoms with E-state index in [-0.39, 0.29) is 12.1 Å². The first-order chi connectivity index (χ1) is 10.3. The van der Waals surface area contributed by atoms with Gasteiger partial charge in [-0.2, -0.15) is 13.2 Å². The van der Waals surface area contributed by atoms with E-state index in [2.05, 4.69) is 24.1 Å². The van der Waals surface area contributed by atoms with E-state index in [0.29, 0.717) is 19.0 Å². The van der Waals surface area contributed by atoms with Crippen molar-refractivity contribution in [1.29, 1.82) is 0 Å². The van der Waals surface area contributed by atoms with Gasteiger partial charge in [0.15, 0.2) is 0 Å². The van der Waals surface area contributed by atoms with Crippen molar-refractivity contribution >= 4 is 0 Å². The monoisotopic (exact) mass is 315 g/mol.